The minimum absolute atomic E-state index is 0.134. The van der Waals surface area contributed by atoms with Crippen LogP contribution >= 0.6 is 11.3 Å². The number of carbonyl (C=O) groups is 1. The van der Waals surface area contributed by atoms with Crippen LogP contribution in [0.2, 0.25) is 0 Å². The van der Waals surface area contributed by atoms with Gasteiger partial charge in [0, 0.05) is 18.6 Å². The van der Waals surface area contributed by atoms with Gasteiger partial charge in [-0.3, -0.25) is 4.79 Å². The number of rotatable bonds is 1. The van der Waals surface area contributed by atoms with Gasteiger partial charge in [-0.2, -0.15) is 0 Å². The first-order chi connectivity index (χ1) is 7.11. The predicted octanol–water partition coefficient (Wildman–Crippen LogP) is 1.62. The third-order valence-electron chi connectivity index (χ3n) is 3.13. The Balaban J connectivity index is 2.19. The first kappa shape index (κ1) is 10.6. The Morgan fingerprint density at radius 3 is 2.87 bits per heavy atom. The highest BCUT2D eigenvalue weighted by atomic mass is 32.1. The number of aryl methyl sites for hydroxylation is 1. The minimum Gasteiger partial charge on any atom is -0.334 e. The summed E-state index contributed by atoms with van der Waals surface area (Å²) in [5.74, 6) is 0.142. The molecule has 2 N–H and O–H groups in total. The molecule has 1 aromatic rings. The minimum atomic E-state index is 0.134. The van der Waals surface area contributed by atoms with E-state index >= 15 is 0 Å². The summed E-state index contributed by atoms with van der Waals surface area (Å²) in [5, 5.41) is 1.96. The van der Waals surface area contributed by atoms with Crippen LogP contribution in [0.5, 0.6) is 0 Å². The zero-order chi connectivity index (χ0) is 11.0. The predicted molar refractivity (Wildman–Crippen MR) is 62.1 cm³/mol. The number of carbonyl (C=O) groups excluding carboxylic acids is 1. The van der Waals surface area contributed by atoms with Crippen molar-refractivity contribution in [3.8, 4) is 0 Å². The molecule has 2 rings (SSSR count). The van der Waals surface area contributed by atoms with Crippen molar-refractivity contribution in [3.63, 3.8) is 0 Å². The van der Waals surface area contributed by atoms with Crippen LogP contribution in [-0.4, -0.2) is 29.4 Å². The van der Waals surface area contributed by atoms with Crippen molar-refractivity contribution >= 4 is 17.2 Å². The molecule has 1 aliphatic heterocycles. The average molecular weight is 224 g/mol. The van der Waals surface area contributed by atoms with Crippen molar-refractivity contribution in [2.45, 2.75) is 32.4 Å². The van der Waals surface area contributed by atoms with E-state index in [-0.39, 0.29) is 18.0 Å². The monoisotopic (exact) mass is 224 g/mol. The highest BCUT2D eigenvalue weighted by Gasteiger charge is 2.32. The lowest BCUT2D eigenvalue weighted by Crippen LogP contribution is -2.40. The van der Waals surface area contributed by atoms with Crippen LogP contribution in [0.1, 0.15) is 28.6 Å². The molecule has 0 bridgehead atoms. The molecular formula is C11H16N2OS. The lowest BCUT2D eigenvalue weighted by molar-refractivity contribution is 0.0747. The first-order valence-electron chi connectivity index (χ1n) is 5.22. The van der Waals surface area contributed by atoms with Gasteiger partial charge in [0.1, 0.15) is 0 Å². The maximum Gasteiger partial charge on any atom is 0.264 e. The maximum atomic E-state index is 12.2. The smallest absolute Gasteiger partial charge is 0.264 e. The van der Waals surface area contributed by atoms with E-state index in [2.05, 4.69) is 0 Å². The van der Waals surface area contributed by atoms with Gasteiger partial charge in [-0.05, 0) is 37.3 Å². The summed E-state index contributed by atoms with van der Waals surface area (Å²) in [6.45, 7) is 4.79. The van der Waals surface area contributed by atoms with Gasteiger partial charge in [-0.15, -0.1) is 11.3 Å². The number of thiophene rings is 1. The third kappa shape index (κ3) is 1.79. The molecule has 15 heavy (non-hydrogen) atoms. The van der Waals surface area contributed by atoms with Gasteiger partial charge in [0.15, 0.2) is 0 Å². The van der Waals surface area contributed by atoms with Crippen LogP contribution in [-0.2, 0) is 0 Å². The zero-order valence-electron chi connectivity index (χ0n) is 9.06. The summed E-state index contributed by atoms with van der Waals surface area (Å²) in [5.41, 5.74) is 6.97. The molecule has 82 valence electrons. The lowest BCUT2D eigenvalue weighted by Gasteiger charge is -2.22. The normalized spacial score (nSPS) is 25.9. The number of nitrogens with zero attached hydrogens (tertiary/aromatic N) is 1. The molecule has 0 spiro atoms. The molecule has 1 fully saturated rings. The zero-order valence-corrected chi connectivity index (χ0v) is 9.88. The molecule has 0 radical (unpaired) electrons. The Hall–Kier alpha value is -0.870. The second kappa shape index (κ2) is 3.94. The quantitative estimate of drug-likeness (QED) is 0.788. The van der Waals surface area contributed by atoms with E-state index in [1.165, 1.54) is 11.3 Å². The maximum absolute atomic E-state index is 12.2. The van der Waals surface area contributed by atoms with Crippen LogP contribution in [0.4, 0.5) is 0 Å². The van der Waals surface area contributed by atoms with Gasteiger partial charge in [0.2, 0.25) is 0 Å². The van der Waals surface area contributed by atoms with E-state index in [9.17, 15) is 4.79 Å². The van der Waals surface area contributed by atoms with E-state index in [4.69, 9.17) is 5.73 Å². The van der Waals surface area contributed by atoms with E-state index in [0.29, 0.717) is 0 Å². The molecule has 2 heterocycles. The Labute approximate surface area is 93.9 Å². The Morgan fingerprint density at radius 2 is 2.40 bits per heavy atom. The second-order valence-corrected chi connectivity index (χ2v) is 5.04. The van der Waals surface area contributed by atoms with Crippen LogP contribution in [0, 0.1) is 6.92 Å². The van der Waals surface area contributed by atoms with Crippen molar-refractivity contribution in [3.05, 3.63) is 21.9 Å². The number of likely N-dealkylation sites (tertiary alicyclic amines) is 1. The van der Waals surface area contributed by atoms with Crippen LogP contribution < -0.4 is 5.73 Å². The molecule has 1 aromatic heterocycles. The van der Waals surface area contributed by atoms with Crippen molar-refractivity contribution in [1.29, 1.82) is 0 Å². The van der Waals surface area contributed by atoms with Gasteiger partial charge in [-0.25, -0.2) is 0 Å². The molecule has 0 aromatic carbocycles. The second-order valence-electron chi connectivity index (χ2n) is 4.12. The highest BCUT2D eigenvalue weighted by molar-refractivity contribution is 7.12. The Kier molecular flexibility index (Phi) is 2.80. The van der Waals surface area contributed by atoms with Gasteiger partial charge in [0.05, 0.1) is 4.88 Å². The standard InChI is InChI=1S/C11H16N2OS/c1-7-4-6-15-10(7)11(14)13-5-3-9(12)8(13)2/h4,6,8-9H,3,5,12H2,1-2H3. The number of amides is 1. The largest absolute Gasteiger partial charge is 0.334 e. The molecule has 1 amide bonds. The number of hydrogen-bond acceptors (Lipinski definition) is 3. The lowest BCUT2D eigenvalue weighted by atomic mass is 10.1. The van der Waals surface area contributed by atoms with Crippen molar-refractivity contribution in [2.75, 3.05) is 6.54 Å². The summed E-state index contributed by atoms with van der Waals surface area (Å²) < 4.78 is 0. The highest BCUT2D eigenvalue weighted by Crippen LogP contribution is 2.23. The molecule has 4 heteroatoms. The Bertz CT molecular complexity index is 374. The van der Waals surface area contributed by atoms with Crippen molar-refractivity contribution < 1.29 is 4.79 Å². The summed E-state index contributed by atoms with van der Waals surface area (Å²) >= 11 is 1.52. The summed E-state index contributed by atoms with van der Waals surface area (Å²) in [4.78, 5) is 14.9. The molecule has 1 saturated heterocycles. The van der Waals surface area contributed by atoms with Crippen LogP contribution in [0.3, 0.4) is 0 Å². The van der Waals surface area contributed by atoms with Crippen LogP contribution in [0.15, 0.2) is 11.4 Å². The first-order valence-corrected chi connectivity index (χ1v) is 6.10. The van der Waals surface area contributed by atoms with E-state index < -0.39 is 0 Å². The molecule has 1 aliphatic rings. The summed E-state index contributed by atoms with van der Waals surface area (Å²) in [6, 6.07) is 2.28. The Morgan fingerprint density at radius 1 is 1.67 bits per heavy atom. The van der Waals surface area contributed by atoms with Crippen molar-refractivity contribution in [1.82, 2.24) is 4.90 Å². The fourth-order valence-electron chi connectivity index (χ4n) is 1.97. The van der Waals surface area contributed by atoms with Gasteiger partial charge >= 0.3 is 0 Å². The molecule has 3 nitrogen and oxygen atoms in total. The van der Waals surface area contributed by atoms with Gasteiger partial charge in [0.25, 0.3) is 5.91 Å². The number of nitrogens with two attached hydrogens (primary N) is 1. The van der Waals surface area contributed by atoms with E-state index in [1.807, 2.05) is 30.2 Å². The fraction of sp³-hybridized carbons (Fsp3) is 0.545. The molecule has 2 unspecified atom stereocenters. The van der Waals surface area contributed by atoms with Gasteiger partial charge in [-0.1, -0.05) is 0 Å². The molecule has 2 atom stereocenters. The fourth-order valence-corrected chi connectivity index (χ4v) is 2.85. The van der Waals surface area contributed by atoms with Crippen molar-refractivity contribution in [2.24, 2.45) is 5.73 Å². The van der Waals surface area contributed by atoms with Gasteiger partial charge < -0.3 is 10.6 Å². The van der Waals surface area contributed by atoms with E-state index in [0.717, 1.165) is 23.4 Å². The molecule has 0 saturated carbocycles. The van der Waals surface area contributed by atoms with E-state index in [1.54, 1.807) is 0 Å². The number of hydrogen-bond donors (Lipinski definition) is 1. The molecular weight excluding hydrogens is 208 g/mol. The van der Waals surface area contributed by atoms with Crippen LogP contribution in [0.25, 0.3) is 0 Å². The molecule has 0 aliphatic carbocycles. The summed E-state index contributed by atoms with van der Waals surface area (Å²) in [7, 11) is 0. The topological polar surface area (TPSA) is 46.3 Å². The third-order valence-corrected chi connectivity index (χ3v) is 4.14. The SMILES string of the molecule is Cc1ccsc1C(=O)N1CCC(N)C1C. The summed E-state index contributed by atoms with van der Waals surface area (Å²) in [6.07, 6.45) is 0.914. The average Bonchev–Trinajstić information content (AvgIpc) is 2.75.